The topological polar surface area (TPSA) is 50.3 Å². The Hall–Kier alpha value is -1.91. The number of amides is 1. The Balaban J connectivity index is 2.02. The maximum absolute atomic E-state index is 12.1. The summed E-state index contributed by atoms with van der Waals surface area (Å²) >= 11 is 11.9. The number of carbonyl (C=O) groups excluding carboxylic acids is 2. The molecule has 0 bridgehead atoms. The van der Waals surface area contributed by atoms with Gasteiger partial charge in [-0.1, -0.05) is 23.2 Å². The van der Waals surface area contributed by atoms with Crippen molar-refractivity contribution in [3.63, 3.8) is 0 Å². The second-order valence-corrected chi connectivity index (χ2v) is 5.19. The first kappa shape index (κ1) is 13.1. The maximum atomic E-state index is 12.1. The van der Waals surface area contributed by atoms with E-state index in [2.05, 4.69) is 4.98 Å². The maximum Gasteiger partial charge on any atom is 0.299 e. The zero-order chi connectivity index (χ0) is 14.3. The predicted molar refractivity (Wildman–Crippen MR) is 76.2 cm³/mol. The van der Waals surface area contributed by atoms with Gasteiger partial charge in [0.2, 0.25) is 0 Å². The van der Waals surface area contributed by atoms with Crippen LogP contribution in [0.4, 0.5) is 5.69 Å². The monoisotopic (exact) mass is 306 g/mol. The highest BCUT2D eigenvalue weighted by Gasteiger charge is 2.36. The van der Waals surface area contributed by atoms with E-state index in [1.165, 1.54) is 17.2 Å². The lowest BCUT2D eigenvalue weighted by molar-refractivity contribution is -0.114. The summed E-state index contributed by atoms with van der Waals surface area (Å²) in [6.45, 7) is 0.223. The molecule has 100 valence electrons. The van der Waals surface area contributed by atoms with E-state index < -0.39 is 11.7 Å². The number of rotatable bonds is 2. The van der Waals surface area contributed by atoms with E-state index in [-0.39, 0.29) is 6.54 Å². The van der Waals surface area contributed by atoms with E-state index in [1.54, 1.807) is 24.4 Å². The normalized spacial score (nSPS) is 13.8. The number of anilines is 1. The standard InChI is InChI=1S/C14H8Cl2N2O2/c15-9-1-2-12-10(5-9)13(19)14(20)18(12)7-8-3-4-17-6-11(8)16/h1-6H,7H2. The second-order valence-electron chi connectivity index (χ2n) is 4.35. The van der Waals surface area contributed by atoms with Gasteiger partial charge in [0, 0.05) is 17.4 Å². The number of pyridine rings is 1. The molecular formula is C14H8Cl2N2O2. The average molecular weight is 307 g/mol. The quantitative estimate of drug-likeness (QED) is 0.801. The van der Waals surface area contributed by atoms with Crippen LogP contribution < -0.4 is 4.90 Å². The van der Waals surface area contributed by atoms with E-state index in [9.17, 15) is 9.59 Å². The summed E-state index contributed by atoms with van der Waals surface area (Å²) in [5.74, 6) is -1.12. The Morgan fingerprint density at radius 2 is 1.95 bits per heavy atom. The van der Waals surface area contributed by atoms with Crippen molar-refractivity contribution < 1.29 is 9.59 Å². The molecule has 1 amide bonds. The highest BCUT2D eigenvalue weighted by molar-refractivity contribution is 6.52. The number of fused-ring (bicyclic) bond motifs is 1. The van der Waals surface area contributed by atoms with E-state index in [4.69, 9.17) is 23.2 Å². The molecule has 2 aromatic rings. The van der Waals surface area contributed by atoms with Crippen LogP contribution in [0.3, 0.4) is 0 Å². The molecule has 0 radical (unpaired) electrons. The van der Waals surface area contributed by atoms with E-state index in [0.29, 0.717) is 21.3 Å². The van der Waals surface area contributed by atoms with Gasteiger partial charge >= 0.3 is 0 Å². The largest absolute Gasteiger partial charge is 0.300 e. The van der Waals surface area contributed by atoms with Gasteiger partial charge in [-0.15, -0.1) is 0 Å². The van der Waals surface area contributed by atoms with Gasteiger partial charge in [-0.3, -0.25) is 14.6 Å². The molecule has 0 spiro atoms. The van der Waals surface area contributed by atoms with Crippen molar-refractivity contribution in [3.05, 3.63) is 57.8 Å². The molecule has 0 N–H and O–H groups in total. The SMILES string of the molecule is O=C1C(=O)N(Cc2ccncc2Cl)c2ccc(Cl)cc21. The van der Waals surface area contributed by atoms with Gasteiger partial charge in [0.05, 0.1) is 22.8 Å². The van der Waals surface area contributed by atoms with Crippen LogP contribution in [0.15, 0.2) is 36.7 Å². The number of Topliss-reactive ketones (excluding diaryl/α,β-unsaturated/α-hetero) is 1. The molecule has 0 atom stereocenters. The molecule has 0 aliphatic carbocycles. The summed E-state index contributed by atoms with van der Waals surface area (Å²) < 4.78 is 0. The zero-order valence-electron chi connectivity index (χ0n) is 10.1. The van der Waals surface area contributed by atoms with Crippen molar-refractivity contribution in [2.45, 2.75) is 6.54 Å². The number of hydrogen-bond acceptors (Lipinski definition) is 3. The molecule has 20 heavy (non-hydrogen) atoms. The number of hydrogen-bond donors (Lipinski definition) is 0. The first-order valence-electron chi connectivity index (χ1n) is 5.82. The Kier molecular flexibility index (Phi) is 3.20. The van der Waals surface area contributed by atoms with E-state index >= 15 is 0 Å². The van der Waals surface area contributed by atoms with Crippen LogP contribution in [-0.2, 0) is 11.3 Å². The van der Waals surface area contributed by atoms with Gasteiger partial charge in [0.1, 0.15) is 0 Å². The van der Waals surface area contributed by atoms with Crippen molar-refractivity contribution in [1.82, 2.24) is 4.98 Å². The van der Waals surface area contributed by atoms with Crippen molar-refractivity contribution in [1.29, 1.82) is 0 Å². The molecule has 4 nitrogen and oxygen atoms in total. The fraction of sp³-hybridized carbons (Fsp3) is 0.0714. The molecule has 0 fully saturated rings. The van der Waals surface area contributed by atoms with Crippen molar-refractivity contribution >= 4 is 40.6 Å². The van der Waals surface area contributed by atoms with Gasteiger partial charge in [-0.2, -0.15) is 0 Å². The Morgan fingerprint density at radius 3 is 2.70 bits per heavy atom. The van der Waals surface area contributed by atoms with Gasteiger partial charge in [-0.25, -0.2) is 0 Å². The third-order valence-electron chi connectivity index (χ3n) is 3.12. The molecule has 0 unspecified atom stereocenters. The Bertz CT molecular complexity index is 731. The van der Waals surface area contributed by atoms with Crippen molar-refractivity contribution in [2.24, 2.45) is 0 Å². The molecule has 1 aromatic carbocycles. The van der Waals surface area contributed by atoms with Crippen LogP contribution in [0.2, 0.25) is 10.0 Å². The van der Waals surface area contributed by atoms with Crippen LogP contribution in [0.25, 0.3) is 0 Å². The van der Waals surface area contributed by atoms with Crippen molar-refractivity contribution in [2.75, 3.05) is 4.90 Å². The Morgan fingerprint density at radius 1 is 1.15 bits per heavy atom. The van der Waals surface area contributed by atoms with Gasteiger partial charge in [-0.05, 0) is 29.8 Å². The fourth-order valence-corrected chi connectivity index (χ4v) is 2.48. The summed E-state index contributed by atoms with van der Waals surface area (Å²) in [6.07, 6.45) is 3.09. The molecule has 1 aromatic heterocycles. The zero-order valence-corrected chi connectivity index (χ0v) is 11.6. The number of ketones is 1. The predicted octanol–water partition coefficient (Wildman–Crippen LogP) is 3.12. The minimum atomic E-state index is -0.574. The summed E-state index contributed by atoms with van der Waals surface area (Å²) in [4.78, 5) is 29.3. The molecule has 0 saturated carbocycles. The minimum Gasteiger partial charge on any atom is -0.300 e. The summed E-state index contributed by atoms with van der Waals surface area (Å²) in [6, 6.07) is 6.53. The Labute approximate surface area is 124 Å². The molecular weight excluding hydrogens is 299 g/mol. The molecule has 1 aliphatic rings. The van der Waals surface area contributed by atoms with Crippen molar-refractivity contribution in [3.8, 4) is 0 Å². The third kappa shape index (κ3) is 2.07. The third-order valence-corrected chi connectivity index (χ3v) is 3.69. The number of aromatic nitrogens is 1. The first-order chi connectivity index (χ1) is 9.58. The van der Waals surface area contributed by atoms with Crippen LogP contribution in [0, 0.1) is 0 Å². The lowest BCUT2D eigenvalue weighted by Gasteiger charge is -2.17. The smallest absolute Gasteiger partial charge is 0.299 e. The molecule has 6 heteroatoms. The first-order valence-corrected chi connectivity index (χ1v) is 6.57. The summed E-state index contributed by atoms with van der Waals surface area (Å²) in [5, 5.41) is 0.879. The lowest BCUT2D eigenvalue weighted by Crippen LogP contribution is -2.29. The second kappa shape index (κ2) is 4.89. The van der Waals surface area contributed by atoms with Crippen LogP contribution in [0.1, 0.15) is 15.9 Å². The molecule has 3 rings (SSSR count). The highest BCUT2D eigenvalue weighted by atomic mass is 35.5. The minimum absolute atomic E-state index is 0.223. The number of benzene rings is 1. The van der Waals surface area contributed by atoms with Gasteiger partial charge in [0.25, 0.3) is 11.7 Å². The van der Waals surface area contributed by atoms with Crippen LogP contribution >= 0.6 is 23.2 Å². The van der Waals surface area contributed by atoms with Crippen LogP contribution in [0.5, 0.6) is 0 Å². The lowest BCUT2D eigenvalue weighted by atomic mass is 10.1. The molecule has 1 aliphatic heterocycles. The van der Waals surface area contributed by atoms with Gasteiger partial charge in [0.15, 0.2) is 0 Å². The van der Waals surface area contributed by atoms with E-state index in [1.807, 2.05) is 0 Å². The number of carbonyl (C=O) groups is 2. The summed E-state index contributed by atoms with van der Waals surface area (Å²) in [7, 11) is 0. The number of halogens is 2. The fourth-order valence-electron chi connectivity index (χ4n) is 2.13. The summed E-state index contributed by atoms with van der Waals surface area (Å²) in [5.41, 5.74) is 1.61. The van der Waals surface area contributed by atoms with Gasteiger partial charge < -0.3 is 4.90 Å². The average Bonchev–Trinajstić information content (AvgIpc) is 2.66. The van der Waals surface area contributed by atoms with E-state index in [0.717, 1.165) is 5.56 Å². The molecule has 0 saturated heterocycles. The number of nitrogens with zero attached hydrogens (tertiary/aromatic N) is 2. The molecule has 2 heterocycles. The van der Waals surface area contributed by atoms with Crippen LogP contribution in [-0.4, -0.2) is 16.7 Å². The highest BCUT2D eigenvalue weighted by Crippen LogP contribution is 2.33.